The number of hydrogen-bond donors (Lipinski definition) is 0. The zero-order valence-corrected chi connectivity index (χ0v) is 8.95. The van der Waals surface area contributed by atoms with Crippen LogP contribution >= 0.6 is 0 Å². The molecule has 3 aromatic rings. The van der Waals surface area contributed by atoms with Crippen LogP contribution in [0.5, 0.6) is 0 Å². The summed E-state index contributed by atoms with van der Waals surface area (Å²) in [6.07, 6.45) is 3.14. The van der Waals surface area contributed by atoms with Crippen molar-refractivity contribution < 1.29 is 0 Å². The third-order valence-corrected chi connectivity index (χ3v) is 2.57. The average molecular weight is 223 g/mol. The first-order valence-electron chi connectivity index (χ1n) is 5.23. The predicted molar refractivity (Wildman–Crippen MR) is 65.1 cm³/mol. The second-order valence-electron chi connectivity index (χ2n) is 3.64. The summed E-state index contributed by atoms with van der Waals surface area (Å²) in [5.41, 5.74) is 1.34. The van der Waals surface area contributed by atoms with Crippen molar-refractivity contribution in [2.24, 2.45) is 0 Å². The van der Waals surface area contributed by atoms with E-state index in [0.29, 0.717) is 5.65 Å². The molecule has 82 valence electrons. The van der Waals surface area contributed by atoms with Crippen LogP contribution in [0, 0.1) is 0 Å². The normalized spacial score (nSPS) is 10.6. The van der Waals surface area contributed by atoms with Crippen molar-refractivity contribution in [3.63, 3.8) is 0 Å². The van der Waals surface area contributed by atoms with Crippen molar-refractivity contribution in [1.82, 2.24) is 14.5 Å². The Morgan fingerprint density at radius 1 is 1.00 bits per heavy atom. The minimum atomic E-state index is -0.0950. The Balaban J connectivity index is 2.43. The quantitative estimate of drug-likeness (QED) is 0.631. The maximum atomic E-state index is 11.9. The lowest BCUT2D eigenvalue weighted by Gasteiger charge is -2.07. The zero-order valence-electron chi connectivity index (χ0n) is 8.95. The van der Waals surface area contributed by atoms with Gasteiger partial charge in [0.05, 0.1) is 5.69 Å². The Kier molecular flexibility index (Phi) is 2.19. The van der Waals surface area contributed by atoms with Gasteiger partial charge < -0.3 is 0 Å². The van der Waals surface area contributed by atoms with Crippen LogP contribution in [0.2, 0.25) is 0 Å². The van der Waals surface area contributed by atoms with E-state index in [1.54, 1.807) is 16.8 Å². The third kappa shape index (κ3) is 1.59. The molecule has 4 nitrogen and oxygen atoms in total. The van der Waals surface area contributed by atoms with Gasteiger partial charge in [0.2, 0.25) is 0 Å². The smallest absolute Gasteiger partial charge is 0.256 e. The van der Waals surface area contributed by atoms with Gasteiger partial charge in [-0.25, -0.2) is 9.97 Å². The molecule has 0 atom stereocenters. The molecule has 17 heavy (non-hydrogen) atoms. The molecule has 0 unspecified atom stereocenters. The minimum Gasteiger partial charge on any atom is -0.269 e. The van der Waals surface area contributed by atoms with Gasteiger partial charge >= 0.3 is 0 Å². The second-order valence-corrected chi connectivity index (χ2v) is 3.64. The monoisotopic (exact) mass is 223 g/mol. The van der Waals surface area contributed by atoms with E-state index in [4.69, 9.17) is 0 Å². The summed E-state index contributed by atoms with van der Waals surface area (Å²) in [6, 6.07) is 12.7. The highest BCUT2D eigenvalue weighted by Gasteiger charge is 2.05. The van der Waals surface area contributed by atoms with E-state index in [2.05, 4.69) is 9.97 Å². The Morgan fingerprint density at radius 3 is 2.65 bits per heavy atom. The molecule has 0 aliphatic rings. The van der Waals surface area contributed by atoms with E-state index in [0.717, 1.165) is 11.1 Å². The number of pyridine rings is 1. The molecule has 0 radical (unpaired) electrons. The lowest BCUT2D eigenvalue weighted by atomic mass is 10.3. The Bertz CT molecular complexity index is 719. The highest BCUT2D eigenvalue weighted by molar-refractivity contribution is 5.75. The third-order valence-electron chi connectivity index (χ3n) is 2.57. The zero-order chi connectivity index (χ0) is 11.7. The first-order chi connectivity index (χ1) is 8.36. The maximum Gasteiger partial charge on any atom is 0.256 e. The van der Waals surface area contributed by atoms with Crippen LogP contribution in [-0.4, -0.2) is 14.5 Å². The highest BCUT2D eigenvalue weighted by Crippen LogP contribution is 2.12. The molecule has 0 N–H and O–H groups in total. The van der Waals surface area contributed by atoms with Crippen molar-refractivity contribution in [1.29, 1.82) is 0 Å². The lowest BCUT2D eigenvalue weighted by Crippen LogP contribution is -2.18. The molecule has 0 saturated carbocycles. The number of benzene rings is 1. The average Bonchev–Trinajstić information content (AvgIpc) is 2.39. The summed E-state index contributed by atoms with van der Waals surface area (Å²) in [7, 11) is 0. The van der Waals surface area contributed by atoms with E-state index < -0.39 is 0 Å². The first kappa shape index (κ1) is 9.72. The second kappa shape index (κ2) is 3.83. The number of nitrogens with zero attached hydrogens (tertiary/aromatic N) is 3. The largest absolute Gasteiger partial charge is 0.269 e. The van der Waals surface area contributed by atoms with Gasteiger partial charge in [-0.1, -0.05) is 18.2 Å². The number of rotatable bonds is 1. The van der Waals surface area contributed by atoms with Crippen LogP contribution in [0.3, 0.4) is 0 Å². The molecule has 0 bridgehead atoms. The van der Waals surface area contributed by atoms with Crippen LogP contribution in [0.1, 0.15) is 0 Å². The Hall–Kier alpha value is -2.49. The molecule has 0 amide bonds. The molecular weight excluding hydrogens is 214 g/mol. The molecule has 0 saturated heterocycles. The Morgan fingerprint density at radius 2 is 1.82 bits per heavy atom. The van der Waals surface area contributed by atoms with Crippen LogP contribution in [0.15, 0.2) is 59.8 Å². The minimum absolute atomic E-state index is 0.0950. The lowest BCUT2D eigenvalue weighted by molar-refractivity contribution is 1.00. The standard InChI is InChI=1S/C13H9N3O/c17-12-7-6-10-8-14-9-15-13(10)16(12)11-4-2-1-3-5-11/h1-9H. The topological polar surface area (TPSA) is 47.8 Å². The molecule has 0 spiro atoms. The van der Waals surface area contributed by atoms with Crippen molar-refractivity contribution in [2.45, 2.75) is 0 Å². The van der Waals surface area contributed by atoms with E-state index >= 15 is 0 Å². The fourth-order valence-electron chi connectivity index (χ4n) is 1.80. The summed E-state index contributed by atoms with van der Waals surface area (Å²) in [5.74, 6) is 0. The van der Waals surface area contributed by atoms with Crippen molar-refractivity contribution in [2.75, 3.05) is 0 Å². The van der Waals surface area contributed by atoms with Crippen LogP contribution in [0.4, 0.5) is 0 Å². The van der Waals surface area contributed by atoms with Gasteiger partial charge in [-0.05, 0) is 18.2 Å². The molecule has 0 fully saturated rings. The molecule has 3 rings (SSSR count). The molecular formula is C13H9N3O. The SMILES string of the molecule is O=c1ccc2cncnc2n1-c1ccccc1. The molecule has 0 aliphatic carbocycles. The van der Waals surface area contributed by atoms with Gasteiger partial charge in [0.25, 0.3) is 5.56 Å². The van der Waals surface area contributed by atoms with Gasteiger partial charge in [-0.2, -0.15) is 0 Å². The molecule has 4 heteroatoms. The van der Waals surface area contributed by atoms with Crippen LogP contribution < -0.4 is 5.56 Å². The van der Waals surface area contributed by atoms with Crippen LogP contribution in [-0.2, 0) is 0 Å². The van der Waals surface area contributed by atoms with E-state index in [-0.39, 0.29) is 5.56 Å². The molecule has 2 aromatic heterocycles. The summed E-state index contributed by atoms with van der Waals surface area (Å²) in [6.45, 7) is 0. The summed E-state index contributed by atoms with van der Waals surface area (Å²) in [5, 5.41) is 0.843. The molecule has 2 heterocycles. The van der Waals surface area contributed by atoms with E-state index in [9.17, 15) is 4.79 Å². The Labute approximate surface area is 97.2 Å². The van der Waals surface area contributed by atoms with E-state index in [1.807, 2.05) is 30.3 Å². The van der Waals surface area contributed by atoms with E-state index in [1.165, 1.54) is 12.4 Å². The predicted octanol–water partition coefficient (Wildman–Crippen LogP) is 1.78. The fourth-order valence-corrected chi connectivity index (χ4v) is 1.80. The highest BCUT2D eigenvalue weighted by atomic mass is 16.1. The first-order valence-corrected chi connectivity index (χ1v) is 5.23. The molecule has 1 aromatic carbocycles. The summed E-state index contributed by atoms with van der Waals surface area (Å²) in [4.78, 5) is 20.1. The molecule has 0 aliphatic heterocycles. The maximum absolute atomic E-state index is 11.9. The summed E-state index contributed by atoms with van der Waals surface area (Å²) < 4.78 is 1.58. The number of hydrogen-bond acceptors (Lipinski definition) is 3. The number of fused-ring (bicyclic) bond motifs is 1. The number of aromatic nitrogens is 3. The van der Waals surface area contributed by atoms with Gasteiger partial charge in [0.15, 0.2) is 5.65 Å². The van der Waals surface area contributed by atoms with Crippen molar-refractivity contribution in [3.05, 3.63) is 65.3 Å². The van der Waals surface area contributed by atoms with Gasteiger partial charge in [0.1, 0.15) is 6.33 Å². The van der Waals surface area contributed by atoms with Gasteiger partial charge in [0, 0.05) is 17.6 Å². The van der Waals surface area contributed by atoms with Crippen molar-refractivity contribution >= 4 is 11.0 Å². The van der Waals surface area contributed by atoms with Crippen molar-refractivity contribution in [3.8, 4) is 5.69 Å². The van der Waals surface area contributed by atoms with Crippen LogP contribution in [0.25, 0.3) is 16.7 Å². The van der Waals surface area contributed by atoms with Gasteiger partial charge in [-0.3, -0.25) is 9.36 Å². The van der Waals surface area contributed by atoms with Gasteiger partial charge in [-0.15, -0.1) is 0 Å². The number of para-hydroxylation sites is 1. The summed E-state index contributed by atoms with van der Waals surface area (Å²) >= 11 is 0. The fraction of sp³-hybridized carbons (Fsp3) is 0.